The fourth-order valence-corrected chi connectivity index (χ4v) is 7.74. The number of aromatic nitrogens is 4. The van der Waals surface area contributed by atoms with Gasteiger partial charge in [-0.25, -0.2) is 9.97 Å². The van der Waals surface area contributed by atoms with Gasteiger partial charge >= 0.3 is 0 Å². The number of nitrogens with one attached hydrogen (secondary N) is 5. The van der Waals surface area contributed by atoms with Crippen molar-refractivity contribution < 1.29 is 28.8 Å². The van der Waals surface area contributed by atoms with Gasteiger partial charge in [-0.05, 0) is 48.6 Å². The summed E-state index contributed by atoms with van der Waals surface area (Å²) in [7, 11) is 1.66. The molecule has 0 aliphatic carbocycles. The van der Waals surface area contributed by atoms with Crippen LogP contribution in [0.25, 0.3) is 21.8 Å². The molecule has 5 N–H and O–H groups in total. The number of amides is 6. The van der Waals surface area contributed by atoms with E-state index in [1.165, 1.54) is 39.7 Å². The molecule has 4 aromatic heterocycles. The maximum absolute atomic E-state index is 12.7. The van der Waals surface area contributed by atoms with Crippen LogP contribution in [-0.2, 0) is 35.8 Å². The first-order valence-corrected chi connectivity index (χ1v) is 19.4. The first kappa shape index (κ1) is 38.4. The number of rotatable bonds is 10. The molecule has 6 amide bonds. The third-order valence-electron chi connectivity index (χ3n) is 9.16. The fraction of sp³-hybridized carbons (Fsp3) is 0.179. The lowest BCUT2D eigenvalue weighted by Crippen LogP contribution is -2.34. The van der Waals surface area contributed by atoms with Crippen LogP contribution in [0.4, 0.5) is 10.3 Å². The molecule has 0 atom stereocenters. The van der Waals surface area contributed by atoms with Gasteiger partial charge in [0.15, 0.2) is 10.3 Å². The topological polar surface area (TPSA) is 201 Å². The number of anilines is 2. The molecule has 0 bridgehead atoms. The second kappa shape index (κ2) is 16.4. The molecule has 2 aliphatic rings. The molecule has 0 spiro atoms. The number of hydrogen-bond donors (Lipinski definition) is 5. The molecule has 8 rings (SSSR count). The smallest absolute Gasteiger partial charge is 0.268 e. The van der Waals surface area contributed by atoms with E-state index in [2.05, 4.69) is 49.7 Å². The lowest BCUT2D eigenvalue weighted by molar-refractivity contribution is -0.125. The minimum atomic E-state index is -0.284. The molecule has 16 nitrogen and oxygen atoms in total. The highest BCUT2D eigenvalue weighted by molar-refractivity contribution is 7.14. The van der Waals surface area contributed by atoms with Gasteiger partial charge in [-0.15, -0.1) is 22.7 Å². The number of thiazole rings is 2. The number of fused-ring (bicyclic) bond motifs is 6. The molecule has 0 saturated carbocycles. The van der Waals surface area contributed by atoms with Crippen molar-refractivity contribution in [2.75, 3.05) is 30.8 Å². The summed E-state index contributed by atoms with van der Waals surface area (Å²) in [5.74, 6) is -1.24. The maximum Gasteiger partial charge on any atom is 0.268 e. The Morgan fingerprint density at radius 2 is 1.28 bits per heavy atom. The third-order valence-corrected chi connectivity index (χ3v) is 10.8. The number of hydrogen-bond acceptors (Lipinski definition) is 10. The van der Waals surface area contributed by atoms with Gasteiger partial charge in [-0.2, -0.15) is 0 Å². The van der Waals surface area contributed by atoms with Crippen molar-refractivity contribution >= 4 is 90.2 Å². The highest BCUT2D eigenvalue weighted by Gasteiger charge is 2.22. The highest BCUT2D eigenvalue weighted by Crippen LogP contribution is 2.26. The number of likely N-dealkylation sites (N-methyl/N-ethyl adjacent to an activating group) is 1. The molecule has 57 heavy (non-hydrogen) atoms. The van der Waals surface area contributed by atoms with Gasteiger partial charge in [0.2, 0.25) is 11.8 Å². The van der Waals surface area contributed by atoms with Crippen LogP contribution >= 0.6 is 22.7 Å². The molecular weight excluding hydrogens is 769 g/mol. The molecule has 290 valence electrons. The zero-order chi connectivity index (χ0) is 40.2. The van der Waals surface area contributed by atoms with Crippen LogP contribution in [0.2, 0.25) is 0 Å². The van der Waals surface area contributed by atoms with Crippen LogP contribution < -0.4 is 26.6 Å². The second-order valence-electron chi connectivity index (χ2n) is 12.9. The molecule has 6 aromatic rings. The van der Waals surface area contributed by atoms with Crippen LogP contribution in [-0.4, -0.2) is 79.6 Å². The first-order valence-electron chi connectivity index (χ1n) is 17.6. The number of benzene rings is 2. The third kappa shape index (κ3) is 8.36. The summed E-state index contributed by atoms with van der Waals surface area (Å²) in [6.07, 6.45) is 2.43. The SMILES string of the molecule is C=CC(=O)N(C)Cc1csc(NC(=O)c2ccc3cc4n(c3c2)CCNC4=O)n1.C=CC(=O)NCc1csc(NC(=O)c2ccc3cc4n(c3c2)CCNC4=O)n1. The molecule has 0 unspecified atom stereocenters. The van der Waals surface area contributed by atoms with E-state index in [4.69, 9.17) is 0 Å². The molecule has 0 radical (unpaired) electrons. The Morgan fingerprint density at radius 3 is 1.79 bits per heavy atom. The summed E-state index contributed by atoms with van der Waals surface area (Å²) in [4.78, 5) is 82.2. The van der Waals surface area contributed by atoms with Crippen LogP contribution in [0.5, 0.6) is 0 Å². The van der Waals surface area contributed by atoms with E-state index in [9.17, 15) is 28.8 Å². The maximum atomic E-state index is 12.7. The number of nitrogens with zero attached hydrogens (tertiary/aromatic N) is 5. The molecule has 0 fully saturated rings. The van der Waals surface area contributed by atoms with Crippen molar-refractivity contribution in [2.45, 2.75) is 26.2 Å². The average Bonchev–Trinajstić information content (AvgIpc) is 4.02. The first-order chi connectivity index (χ1) is 27.5. The van der Waals surface area contributed by atoms with Crippen molar-refractivity contribution in [3.8, 4) is 0 Å². The molecular formula is C39H36N10O6S2. The summed E-state index contributed by atoms with van der Waals surface area (Å²) >= 11 is 2.58. The predicted octanol–water partition coefficient (Wildman–Crippen LogP) is 4.13. The van der Waals surface area contributed by atoms with E-state index >= 15 is 0 Å². The predicted molar refractivity (Wildman–Crippen MR) is 217 cm³/mol. The standard InChI is InChI=1S/C20H19N5O3S.C19H17N5O3S/c1-3-17(26)24(2)10-14-11-29-20(22-14)23-18(27)13-5-4-12-8-16-19(28)21-6-7-25(16)15(12)9-13;1-2-16(25)21-9-13-10-28-19(22-13)23-17(26)12-4-3-11-7-15-18(27)20-5-6-24(15)14(11)8-12/h3-5,8-9,11H,1,6-7,10H2,2H3,(H,21,28)(H,22,23,27);2-4,7-8,10H,1,5-6,9H2,(H,20,27)(H,21,25)(H,22,23,26). The Hall–Kier alpha value is -6.92. The molecule has 2 aromatic carbocycles. The zero-order valence-corrected chi connectivity index (χ0v) is 32.2. The van der Waals surface area contributed by atoms with E-state index in [1.807, 2.05) is 33.4 Å². The van der Waals surface area contributed by atoms with E-state index in [0.717, 1.165) is 21.8 Å². The second-order valence-corrected chi connectivity index (χ2v) is 14.7. The minimum Gasteiger partial charge on any atom is -0.349 e. The summed E-state index contributed by atoms with van der Waals surface area (Å²) in [5.41, 5.74) is 5.21. The lowest BCUT2D eigenvalue weighted by atomic mass is 10.1. The largest absolute Gasteiger partial charge is 0.349 e. The Kier molecular flexibility index (Phi) is 11.1. The van der Waals surface area contributed by atoms with Crippen LogP contribution in [0.1, 0.15) is 53.1 Å². The average molecular weight is 805 g/mol. The van der Waals surface area contributed by atoms with Gasteiger partial charge in [-0.1, -0.05) is 25.3 Å². The van der Waals surface area contributed by atoms with Gasteiger partial charge in [0.05, 0.1) is 24.5 Å². The quantitative estimate of drug-likeness (QED) is 0.127. The Labute approximate surface area is 333 Å². The van der Waals surface area contributed by atoms with E-state index in [1.54, 1.807) is 42.1 Å². The van der Waals surface area contributed by atoms with Gasteiger partial charge in [-0.3, -0.25) is 39.4 Å². The van der Waals surface area contributed by atoms with E-state index < -0.39 is 0 Å². The van der Waals surface area contributed by atoms with Gasteiger partial charge in [0.1, 0.15) is 11.4 Å². The lowest BCUT2D eigenvalue weighted by Gasteiger charge is -2.16. The fourth-order valence-electron chi connectivity index (χ4n) is 6.34. The normalized spacial score (nSPS) is 12.9. The monoisotopic (exact) mass is 804 g/mol. The molecule has 18 heteroatoms. The number of carbonyl (C=O) groups is 6. The molecule has 6 heterocycles. The molecule has 0 saturated heterocycles. The van der Waals surface area contributed by atoms with Crippen LogP contribution in [0, 0.1) is 0 Å². The van der Waals surface area contributed by atoms with Crippen molar-refractivity contribution in [3.05, 3.63) is 119 Å². The van der Waals surface area contributed by atoms with E-state index in [0.29, 0.717) is 76.9 Å². The van der Waals surface area contributed by atoms with Crippen molar-refractivity contribution in [1.29, 1.82) is 0 Å². The van der Waals surface area contributed by atoms with E-state index in [-0.39, 0.29) is 42.0 Å². The number of carbonyl (C=O) groups excluding carboxylic acids is 6. The Balaban J connectivity index is 0.000000174. The summed E-state index contributed by atoms with van der Waals surface area (Å²) in [6, 6.07) is 14.4. The highest BCUT2D eigenvalue weighted by atomic mass is 32.1. The van der Waals surface area contributed by atoms with Crippen molar-refractivity contribution in [3.63, 3.8) is 0 Å². The summed E-state index contributed by atoms with van der Waals surface area (Å²) in [6.45, 7) is 9.92. The Bertz CT molecular complexity index is 2620. The van der Waals surface area contributed by atoms with Gasteiger partial charge in [0, 0.05) is 76.9 Å². The summed E-state index contributed by atoms with van der Waals surface area (Å²) < 4.78 is 3.85. The van der Waals surface area contributed by atoms with Gasteiger partial charge < -0.3 is 30.0 Å². The summed E-state index contributed by atoms with van der Waals surface area (Å²) in [5, 5.41) is 20.1. The Morgan fingerprint density at radius 1 is 0.772 bits per heavy atom. The van der Waals surface area contributed by atoms with Gasteiger partial charge in [0.25, 0.3) is 23.6 Å². The van der Waals surface area contributed by atoms with Crippen molar-refractivity contribution in [1.82, 2.24) is 40.0 Å². The van der Waals surface area contributed by atoms with Crippen LogP contribution in [0.15, 0.2) is 84.6 Å². The van der Waals surface area contributed by atoms with Crippen molar-refractivity contribution in [2.24, 2.45) is 0 Å². The minimum absolute atomic E-state index is 0.103. The zero-order valence-electron chi connectivity index (χ0n) is 30.6. The van der Waals surface area contributed by atoms with Crippen LogP contribution in [0.3, 0.4) is 0 Å². The molecule has 2 aliphatic heterocycles.